The molecule has 5 atom stereocenters. The first-order valence-electron chi connectivity index (χ1n) is 14.1. The molecule has 3 N–H and O–H groups in total. The predicted molar refractivity (Wildman–Crippen MR) is 151 cm³/mol. The lowest BCUT2D eigenvalue weighted by Crippen LogP contribution is -2.64. The first kappa shape index (κ1) is 30.8. The molecular weight excluding hydrogens is 552 g/mol. The number of nitrogens with zero attached hydrogens (tertiary/aromatic N) is 1. The van der Waals surface area contributed by atoms with E-state index in [1.165, 1.54) is 12.1 Å². The van der Waals surface area contributed by atoms with E-state index in [4.69, 9.17) is 21.1 Å². The van der Waals surface area contributed by atoms with Gasteiger partial charge in [-0.05, 0) is 55.7 Å². The van der Waals surface area contributed by atoms with Crippen molar-refractivity contribution in [2.75, 3.05) is 18.5 Å². The zero-order valence-corrected chi connectivity index (χ0v) is 24.9. The number of cyclic esters (lactones) is 1. The van der Waals surface area contributed by atoms with Crippen molar-refractivity contribution in [2.45, 2.75) is 90.6 Å². The van der Waals surface area contributed by atoms with E-state index in [1.807, 2.05) is 20.8 Å². The van der Waals surface area contributed by atoms with E-state index >= 15 is 0 Å². The van der Waals surface area contributed by atoms with E-state index in [0.717, 1.165) is 6.42 Å². The summed E-state index contributed by atoms with van der Waals surface area (Å²) >= 11 is 6.39. The molecule has 4 amide bonds. The number of likely N-dealkylation sites (tertiary alicyclic amines) is 1. The number of fused-ring (bicyclic) bond motifs is 2. The number of esters is 1. The van der Waals surface area contributed by atoms with E-state index in [2.05, 4.69) is 16.0 Å². The number of carbonyl (C=O) groups excluding carboxylic acids is 5. The van der Waals surface area contributed by atoms with Gasteiger partial charge in [-0.15, -0.1) is 0 Å². The van der Waals surface area contributed by atoms with Gasteiger partial charge in [-0.25, -0.2) is 0 Å². The number of hydrogen-bond donors (Lipinski definition) is 3. The van der Waals surface area contributed by atoms with Crippen LogP contribution in [0.2, 0.25) is 5.02 Å². The third-order valence-electron chi connectivity index (χ3n) is 8.06. The van der Waals surface area contributed by atoms with Crippen LogP contribution in [0.15, 0.2) is 18.2 Å². The van der Waals surface area contributed by atoms with Gasteiger partial charge in [0.05, 0.1) is 17.0 Å². The van der Waals surface area contributed by atoms with Crippen molar-refractivity contribution in [3.63, 3.8) is 0 Å². The molecule has 1 aliphatic carbocycles. The molecule has 1 aromatic rings. The van der Waals surface area contributed by atoms with E-state index in [0.29, 0.717) is 38.1 Å². The molecule has 0 unspecified atom stereocenters. The minimum Gasteiger partial charge on any atom is -0.439 e. The second kappa shape index (κ2) is 12.0. The van der Waals surface area contributed by atoms with Gasteiger partial charge in [-0.1, -0.05) is 39.3 Å². The van der Waals surface area contributed by atoms with Crippen LogP contribution in [0.1, 0.15) is 77.1 Å². The summed E-state index contributed by atoms with van der Waals surface area (Å²) in [4.78, 5) is 66.5. The van der Waals surface area contributed by atoms with E-state index in [1.54, 1.807) is 24.8 Å². The summed E-state index contributed by atoms with van der Waals surface area (Å²) in [5, 5.41) is 8.51. The second-order valence-electron chi connectivity index (χ2n) is 12.0. The monoisotopic (exact) mass is 590 g/mol. The number of carbonyl (C=O) groups is 5. The summed E-state index contributed by atoms with van der Waals surface area (Å²) in [5.74, 6) is -1.79. The smallest absolute Gasteiger partial charge is 0.310 e. The van der Waals surface area contributed by atoms with Crippen LogP contribution in [0.5, 0.6) is 0 Å². The Hall–Kier alpha value is -3.18. The van der Waals surface area contributed by atoms with Crippen LogP contribution in [0.3, 0.4) is 0 Å². The molecule has 2 aliphatic heterocycles. The van der Waals surface area contributed by atoms with Crippen LogP contribution in [-0.2, 0) is 28.7 Å². The average molecular weight is 591 g/mol. The molecule has 12 heteroatoms. The number of rotatable bonds is 9. The lowest BCUT2D eigenvalue weighted by molar-refractivity contribution is -0.154. The maximum atomic E-state index is 14.1. The van der Waals surface area contributed by atoms with E-state index in [9.17, 15) is 24.0 Å². The molecule has 2 heterocycles. The van der Waals surface area contributed by atoms with Gasteiger partial charge in [-0.2, -0.15) is 0 Å². The van der Waals surface area contributed by atoms with Crippen LogP contribution >= 0.6 is 11.6 Å². The molecule has 2 saturated heterocycles. The average Bonchev–Trinajstić information content (AvgIpc) is 3.60. The number of piperidine rings is 1. The number of amides is 4. The lowest BCUT2D eigenvalue weighted by atomic mass is 9.84. The molecule has 0 radical (unpaired) electrons. The third kappa shape index (κ3) is 6.35. The summed E-state index contributed by atoms with van der Waals surface area (Å²) < 4.78 is 10.9. The van der Waals surface area contributed by atoms with Gasteiger partial charge >= 0.3 is 5.97 Å². The Morgan fingerprint density at radius 3 is 2.56 bits per heavy atom. The predicted octanol–water partition coefficient (Wildman–Crippen LogP) is 3.01. The van der Waals surface area contributed by atoms with Gasteiger partial charge in [0.2, 0.25) is 23.9 Å². The molecule has 1 saturated carbocycles. The molecule has 1 aromatic carbocycles. The number of halogens is 1. The number of nitrogens with one attached hydrogen (secondary N) is 3. The summed E-state index contributed by atoms with van der Waals surface area (Å²) in [6.07, 6.45) is 0.576. The van der Waals surface area contributed by atoms with Crippen molar-refractivity contribution in [1.82, 2.24) is 15.5 Å². The van der Waals surface area contributed by atoms with Crippen molar-refractivity contribution in [2.24, 2.45) is 11.3 Å². The molecular formula is C29H39ClN4O7. The van der Waals surface area contributed by atoms with Gasteiger partial charge in [0.1, 0.15) is 17.7 Å². The zero-order valence-electron chi connectivity index (χ0n) is 24.2. The molecule has 4 rings (SSSR count). The highest BCUT2D eigenvalue weighted by Gasteiger charge is 2.59. The maximum Gasteiger partial charge on any atom is 0.310 e. The quantitative estimate of drug-likeness (QED) is 0.375. The number of hydrogen-bond acceptors (Lipinski definition) is 7. The van der Waals surface area contributed by atoms with Crippen molar-refractivity contribution in [3.05, 3.63) is 28.8 Å². The SMILES string of the molecule is CCO[C@H]1CC(=O)O[C@H]1NC(=O)[C@@]12CC[C@@H](CN1C(=O)[C@@H](NC(=O)c1ccc(NC(=O)CC)cc1Cl)C(C)(C)C)C2. The van der Waals surface area contributed by atoms with Gasteiger partial charge in [-0.3, -0.25) is 24.0 Å². The Kier molecular flexibility index (Phi) is 8.98. The number of benzene rings is 1. The molecule has 0 spiro atoms. The molecule has 224 valence electrons. The molecule has 11 nitrogen and oxygen atoms in total. The fourth-order valence-corrected chi connectivity index (χ4v) is 6.18. The minimum atomic E-state index is -1.11. The molecule has 41 heavy (non-hydrogen) atoms. The van der Waals surface area contributed by atoms with E-state index < -0.39 is 41.2 Å². The minimum absolute atomic E-state index is 0.0453. The van der Waals surface area contributed by atoms with Crippen LogP contribution in [0, 0.1) is 11.3 Å². The molecule has 0 aromatic heterocycles. The van der Waals surface area contributed by atoms with Crippen LogP contribution in [-0.4, -0.2) is 71.6 Å². The number of anilines is 1. The van der Waals surface area contributed by atoms with Gasteiger partial charge in [0.25, 0.3) is 5.91 Å². The molecule has 2 bridgehead atoms. The van der Waals surface area contributed by atoms with Crippen LogP contribution in [0.4, 0.5) is 5.69 Å². The van der Waals surface area contributed by atoms with Gasteiger partial charge < -0.3 is 30.3 Å². The Bertz CT molecular complexity index is 1230. The molecule has 3 fully saturated rings. The Labute approximate surface area is 245 Å². The van der Waals surface area contributed by atoms with Crippen LogP contribution in [0.25, 0.3) is 0 Å². The fraction of sp³-hybridized carbons (Fsp3) is 0.621. The van der Waals surface area contributed by atoms with Crippen molar-refractivity contribution in [3.8, 4) is 0 Å². The maximum absolute atomic E-state index is 14.1. The van der Waals surface area contributed by atoms with Crippen molar-refractivity contribution < 1.29 is 33.4 Å². The van der Waals surface area contributed by atoms with E-state index in [-0.39, 0.29) is 40.6 Å². The highest BCUT2D eigenvalue weighted by atomic mass is 35.5. The third-order valence-corrected chi connectivity index (χ3v) is 8.38. The largest absolute Gasteiger partial charge is 0.439 e. The highest BCUT2D eigenvalue weighted by Crippen LogP contribution is 2.47. The number of ether oxygens (including phenoxy) is 2. The zero-order chi connectivity index (χ0) is 30.1. The second-order valence-corrected chi connectivity index (χ2v) is 12.4. The first-order chi connectivity index (χ1) is 19.3. The Morgan fingerprint density at radius 1 is 1.22 bits per heavy atom. The fourth-order valence-electron chi connectivity index (χ4n) is 5.91. The highest BCUT2D eigenvalue weighted by molar-refractivity contribution is 6.34. The van der Waals surface area contributed by atoms with Gasteiger partial charge in [0.15, 0.2) is 0 Å². The van der Waals surface area contributed by atoms with Gasteiger partial charge in [0, 0.05) is 25.3 Å². The summed E-state index contributed by atoms with van der Waals surface area (Å²) in [7, 11) is 0. The molecule has 3 aliphatic rings. The standard InChI is InChI=1S/C29H39ClN4O7/c1-6-21(35)31-17-8-9-18(19(30)12-17)24(37)32-23(28(3,4)5)26(38)34-15-16-10-11-29(34,14-16)27(39)33-25-20(40-7-2)13-22(36)41-25/h8-9,12,16,20,23,25H,6-7,10-11,13-15H2,1-5H3,(H,31,35)(H,32,37)(H,33,39)/t16-,20+,23-,25-,29+/m1/s1. The Morgan fingerprint density at radius 2 is 1.95 bits per heavy atom. The Balaban J connectivity index is 1.53. The summed E-state index contributed by atoms with van der Waals surface area (Å²) in [6.45, 7) is 9.79. The lowest BCUT2D eigenvalue weighted by Gasteiger charge is -2.42. The normalized spacial score (nSPS) is 26.0. The van der Waals surface area contributed by atoms with Crippen molar-refractivity contribution >= 4 is 46.9 Å². The summed E-state index contributed by atoms with van der Waals surface area (Å²) in [6, 6.07) is 3.60. The first-order valence-corrected chi connectivity index (χ1v) is 14.5. The van der Waals surface area contributed by atoms with Crippen LogP contribution < -0.4 is 16.0 Å². The topological polar surface area (TPSA) is 143 Å². The summed E-state index contributed by atoms with van der Waals surface area (Å²) in [5.41, 5.74) is -1.20. The van der Waals surface area contributed by atoms with Crippen molar-refractivity contribution in [1.29, 1.82) is 0 Å².